The van der Waals surface area contributed by atoms with Gasteiger partial charge in [0.15, 0.2) is 0 Å². The number of nitrogens with two attached hydrogens (primary N) is 1. The third-order valence-corrected chi connectivity index (χ3v) is 7.02. The zero-order chi connectivity index (χ0) is 17.8. The minimum Gasteiger partial charge on any atom is -0.327 e. The standard InChI is InChI=1S/C22H35ClN2/c1-15-11-18(5-9-21(15)24)13-19-6-10-22(16(2)12-19)25-14-17-3-7-20(23)8-4-17/h3-4,7-8,15-16,18-19,21-22,25H,5-6,9-14,24H2,1-2H3. The highest BCUT2D eigenvalue weighted by Gasteiger charge is 2.31. The van der Waals surface area contributed by atoms with Crippen LogP contribution in [0.4, 0.5) is 0 Å². The van der Waals surface area contributed by atoms with Crippen LogP contribution in [0.5, 0.6) is 0 Å². The van der Waals surface area contributed by atoms with E-state index in [9.17, 15) is 0 Å². The molecular formula is C22H35ClN2. The van der Waals surface area contributed by atoms with E-state index in [1.165, 1.54) is 50.5 Å². The lowest BCUT2D eigenvalue weighted by Gasteiger charge is -2.38. The van der Waals surface area contributed by atoms with E-state index in [2.05, 4.69) is 31.3 Å². The predicted molar refractivity (Wildman–Crippen MR) is 108 cm³/mol. The van der Waals surface area contributed by atoms with Crippen LogP contribution in [0.2, 0.25) is 5.02 Å². The van der Waals surface area contributed by atoms with Crippen molar-refractivity contribution < 1.29 is 0 Å². The van der Waals surface area contributed by atoms with E-state index in [1.807, 2.05) is 12.1 Å². The van der Waals surface area contributed by atoms with Crippen LogP contribution in [-0.2, 0) is 6.54 Å². The summed E-state index contributed by atoms with van der Waals surface area (Å²) in [6, 6.07) is 9.32. The van der Waals surface area contributed by atoms with Crippen LogP contribution in [0, 0.1) is 23.7 Å². The van der Waals surface area contributed by atoms with Crippen LogP contribution < -0.4 is 11.1 Å². The molecule has 0 spiro atoms. The summed E-state index contributed by atoms with van der Waals surface area (Å²) >= 11 is 5.97. The number of hydrogen-bond acceptors (Lipinski definition) is 2. The maximum Gasteiger partial charge on any atom is 0.0406 e. The van der Waals surface area contributed by atoms with Crippen molar-refractivity contribution in [3.05, 3.63) is 34.9 Å². The van der Waals surface area contributed by atoms with Crippen molar-refractivity contribution in [2.75, 3.05) is 0 Å². The van der Waals surface area contributed by atoms with E-state index in [0.29, 0.717) is 18.0 Å². The van der Waals surface area contributed by atoms with Gasteiger partial charge < -0.3 is 11.1 Å². The quantitative estimate of drug-likeness (QED) is 0.737. The van der Waals surface area contributed by atoms with Crippen LogP contribution in [0.3, 0.4) is 0 Å². The number of hydrogen-bond donors (Lipinski definition) is 2. The Morgan fingerprint density at radius 2 is 1.60 bits per heavy atom. The molecule has 1 aromatic rings. The number of halogens is 1. The topological polar surface area (TPSA) is 38.0 Å². The van der Waals surface area contributed by atoms with Gasteiger partial charge in [-0.05, 0) is 86.3 Å². The van der Waals surface area contributed by atoms with E-state index in [-0.39, 0.29) is 0 Å². The van der Waals surface area contributed by atoms with Gasteiger partial charge in [0.25, 0.3) is 0 Å². The molecule has 140 valence electrons. The lowest BCUT2D eigenvalue weighted by molar-refractivity contribution is 0.157. The van der Waals surface area contributed by atoms with Crippen molar-refractivity contribution in [2.24, 2.45) is 29.4 Å². The van der Waals surface area contributed by atoms with Gasteiger partial charge in [0.1, 0.15) is 0 Å². The first kappa shape index (κ1) is 19.2. The average Bonchev–Trinajstić information content (AvgIpc) is 2.59. The molecule has 3 N–H and O–H groups in total. The van der Waals surface area contributed by atoms with Crippen LogP contribution >= 0.6 is 11.6 Å². The highest BCUT2D eigenvalue weighted by molar-refractivity contribution is 6.30. The highest BCUT2D eigenvalue weighted by Crippen LogP contribution is 2.38. The maximum absolute atomic E-state index is 6.19. The van der Waals surface area contributed by atoms with Gasteiger partial charge in [-0.25, -0.2) is 0 Å². The molecular weight excluding hydrogens is 328 g/mol. The van der Waals surface area contributed by atoms with Crippen molar-refractivity contribution in [1.82, 2.24) is 5.32 Å². The summed E-state index contributed by atoms with van der Waals surface area (Å²) in [5, 5.41) is 4.60. The number of benzene rings is 1. The highest BCUT2D eigenvalue weighted by atomic mass is 35.5. The second kappa shape index (κ2) is 8.88. The van der Waals surface area contributed by atoms with Gasteiger partial charge in [-0.15, -0.1) is 0 Å². The lowest BCUT2D eigenvalue weighted by atomic mass is 9.71. The first-order chi connectivity index (χ1) is 12.0. The summed E-state index contributed by atoms with van der Waals surface area (Å²) in [5.41, 5.74) is 7.51. The van der Waals surface area contributed by atoms with Gasteiger partial charge in [0, 0.05) is 23.7 Å². The Labute approximate surface area is 158 Å². The normalized spacial score (nSPS) is 36.3. The zero-order valence-corrected chi connectivity index (χ0v) is 16.6. The van der Waals surface area contributed by atoms with Gasteiger partial charge in [0.05, 0.1) is 0 Å². The predicted octanol–water partition coefficient (Wildman–Crippen LogP) is 5.39. The molecule has 3 heteroatoms. The molecule has 3 rings (SSSR count). The molecule has 0 bridgehead atoms. The summed E-state index contributed by atoms with van der Waals surface area (Å²) in [6.45, 7) is 5.73. The zero-order valence-electron chi connectivity index (χ0n) is 15.9. The molecule has 0 aromatic heterocycles. The second-order valence-corrected chi connectivity index (χ2v) is 9.26. The monoisotopic (exact) mass is 362 g/mol. The summed E-state index contributed by atoms with van der Waals surface area (Å²) < 4.78 is 0. The Hall–Kier alpha value is -0.570. The lowest BCUT2D eigenvalue weighted by Crippen LogP contribution is -2.40. The van der Waals surface area contributed by atoms with Crippen LogP contribution in [-0.4, -0.2) is 12.1 Å². The average molecular weight is 363 g/mol. The van der Waals surface area contributed by atoms with Gasteiger partial charge in [-0.1, -0.05) is 37.6 Å². The fourth-order valence-electron chi connectivity index (χ4n) is 5.09. The Kier molecular flexibility index (Phi) is 6.82. The largest absolute Gasteiger partial charge is 0.327 e. The molecule has 2 saturated carbocycles. The number of rotatable bonds is 5. The third kappa shape index (κ3) is 5.45. The Morgan fingerprint density at radius 1 is 0.960 bits per heavy atom. The minimum absolute atomic E-state index is 0.447. The summed E-state index contributed by atoms with van der Waals surface area (Å²) in [7, 11) is 0. The molecule has 0 aliphatic heterocycles. The van der Waals surface area contributed by atoms with E-state index in [1.54, 1.807) is 0 Å². The first-order valence-electron chi connectivity index (χ1n) is 10.2. The number of nitrogens with one attached hydrogen (secondary N) is 1. The molecule has 0 heterocycles. The van der Waals surface area contributed by atoms with E-state index in [4.69, 9.17) is 17.3 Å². The smallest absolute Gasteiger partial charge is 0.0406 e. The Bertz CT molecular complexity index is 529. The van der Waals surface area contributed by atoms with Crippen molar-refractivity contribution in [1.29, 1.82) is 0 Å². The van der Waals surface area contributed by atoms with E-state index < -0.39 is 0 Å². The van der Waals surface area contributed by atoms with Gasteiger partial charge >= 0.3 is 0 Å². The third-order valence-electron chi connectivity index (χ3n) is 6.77. The van der Waals surface area contributed by atoms with Gasteiger partial charge in [-0.2, -0.15) is 0 Å². The van der Waals surface area contributed by atoms with Gasteiger partial charge in [0.2, 0.25) is 0 Å². The molecule has 6 unspecified atom stereocenters. The molecule has 2 aliphatic carbocycles. The van der Waals surface area contributed by atoms with Crippen molar-refractivity contribution >= 4 is 11.6 Å². The molecule has 1 aromatic carbocycles. The summed E-state index contributed by atoms with van der Waals surface area (Å²) in [6.07, 6.45) is 9.47. The second-order valence-electron chi connectivity index (χ2n) is 8.83. The van der Waals surface area contributed by atoms with Gasteiger partial charge in [-0.3, -0.25) is 0 Å². The fraction of sp³-hybridized carbons (Fsp3) is 0.727. The molecule has 2 aliphatic rings. The first-order valence-corrected chi connectivity index (χ1v) is 10.6. The van der Waals surface area contributed by atoms with E-state index in [0.717, 1.165) is 29.3 Å². The van der Waals surface area contributed by atoms with Crippen LogP contribution in [0.15, 0.2) is 24.3 Å². The van der Waals surface area contributed by atoms with Crippen LogP contribution in [0.1, 0.15) is 64.4 Å². The maximum atomic E-state index is 6.19. The van der Waals surface area contributed by atoms with Crippen LogP contribution in [0.25, 0.3) is 0 Å². The minimum atomic E-state index is 0.447. The van der Waals surface area contributed by atoms with Crippen molar-refractivity contribution in [2.45, 2.75) is 77.4 Å². The Balaban J connectivity index is 1.42. The fourth-order valence-corrected chi connectivity index (χ4v) is 5.22. The Morgan fingerprint density at radius 3 is 2.24 bits per heavy atom. The molecule has 0 radical (unpaired) electrons. The van der Waals surface area contributed by atoms with Crippen molar-refractivity contribution in [3.8, 4) is 0 Å². The molecule has 6 atom stereocenters. The molecule has 0 amide bonds. The molecule has 25 heavy (non-hydrogen) atoms. The SMILES string of the molecule is CC1CC(CC2CCC(NCc3ccc(Cl)cc3)C(C)C2)CCC1N. The van der Waals surface area contributed by atoms with E-state index >= 15 is 0 Å². The van der Waals surface area contributed by atoms with Crippen molar-refractivity contribution in [3.63, 3.8) is 0 Å². The summed E-state index contributed by atoms with van der Waals surface area (Å²) in [5.74, 6) is 3.34. The molecule has 2 nitrogen and oxygen atoms in total. The summed E-state index contributed by atoms with van der Waals surface area (Å²) in [4.78, 5) is 0. The molecule has 0 saturated heterocycles. The molecule has 2 fully saturated rings.